The van der Waals surface area contributed by atoms with Gasteiger partial charge in [0.1, 0.15) is 6.04 Å². The quantitative estimate of drug-likeness (QED) is 0.395. The molecule has 0 radical (unpaired) electrons. The van der Waals surface area contributed by atoms with Gasteiger partial charge < -0.3 is 10.6 Å². The number of rotatable bonds is 4. The Hall–Kier alpha value is -3.78. The van der Waals surface area contributed by atoms with Crippen LogP contribution in [0.15, 0.2) is 88.8 Å². The first-order valence-electron chi connectivity index (χ1n) is 10.5. The van der Waals surface area contributed by atoms with Gasteiger partial charge in [0.25, 0.3) is 5.91 Å². The highest BCUT2D eigenvalue weighted by atomic mass is 79.9. The van der Waals surface area contributed by atoms with Crippen LogP contribution in [-0.2, 0) is 4.79 Å². The minimum absolute atomic E-state index is 0.226. The van der Waals surface area contributed by atoms with Gasteiger partial charge in [-0.15, -0.1) is 5.10 Å². The van der Waals surface area contributed by atoms with Gasteiger partial charge in [-0.1, -0.05) is 57.9 Å². The van der Waals surface area contributed by atoms with E-state index in [2.05, 4.69) is 31.5 Å². The predicted octanol–water partition coefficient (Wildman–Crippen LogP) is 5.34. The number of amides is 1. The summed E-state index contributed by atoms with van der Waals surface area (Å²) in [6.45, 7) is 3.92. The van der Waals surface area contributed by atoms with Crippen molar-refractivity contribution in [2.45, 2.75) is 19.9 Å². The van der Waals surface area contributed by atoms with Crippen LogP contribution in [0.25, 0.3) is 11.4 Å². The molecule has 0 bridgehead atoms. The van der Waals surface area contributed by atoms with Crippen molar-refractivity contribution in [3.8, 4) is 11.4 Å². The third kappa shape index (κ3) is 4.17. The molecule has 1 aliphatic rings. The topological polar surface area (TPSA) is 84.7 Å². The molecule has 0 saturated carbocycles. The molecule has 2 aromatic carbocycles. The first-order chi connectivity index (χ1) is 16.0. The van der Waals surface area contributed by atoms with E-state index < -0.39 is 6.04 Å². The van der Waals surface area contributed by atoms with Gasteiger partial charge in [0.2, 0.25) is 5.95 Å². The van der Waals surface area contributed by atoms with Crippen LogP contribution >= 0.6 is 15.9 Å². The van der Waals surface area contributed by atoms with Gasteiger partial charge >= 0.3 is 0 Å². The minimum Gasteiger partial charge on any atom is -0.328 e. The van der Waals surface area contributed by atoms with Gasteiger partial charge in [-0.3, -0.25) is 9.78 Å². The monoisotopic (exact) mass is 500 g/mol. The molecule has 1 unspecified atom stereocenters. The molecule has 8 heteroatoms. The molecule has 1 aliphatic heterocycles. The number of nitrogens with zero attached hydrogens (tertiary/aromatic N) is 4. The molecule has 1 atom stereocenters. The maximum atomic E-state index is 13.5. The van der Waals surface area contributed by atoms with Gasteiger partial charge in [-0.05, 0) is 43.7 Å². The Labute approximate surface area is 199 Å². The number of anilines is 2. The van der Waals surface area contributed by atoms with Crippen LogP contribution in [-0.4, -0.2) is 25.7 Å². The third-order valence-corrected chi connectivity index (χ3v) is 5.98. The van der Waals surface area contributed by atoms with Crippen LogP contribution in [0.5, 0.6) is 0 Å². The zero-order chi connectivity index (χ0) is 22.9. The summed E-state index contributed by atoms with van der Waals surface area (Å²) in [4.78, 5) is 22.3. The van der Waals surface area contributed by atoms with Crippen molar-refractivity contribution in [1.29, 1.82) is 0 Å². The number of carbonyl (C=O) groups excluding carboxylic acids is 1. The molecule has 3 heterocycles. The van der Waals surface area contributed by atoms with Crippen LogP contribution in [0.1, 0.15) is 24.1 Å². The second-order valence-electron chi connectivity index (χ2n) is 7.89. The smallest absolute Gasteiger partial charge is 0.255 e. The normalized spacial score (nSPS) is 15.1. The molecule has 0 fully saturated rings. The number of halogens is 1. The number of benzene rings is 2. The second kappa shape index (κ2) is 8.63. The van der Waals surface area contributed by atoms with Gasteiger partial charge in [-0.2, -0.15) is 4.98 Å². The van der Waals surface area contributed by atoms with E-state index in [1.54, 1.807) is 23.1 Å². The lowest BCUT2D eigenvalue weighted by Gasteiger charge is -2.28. The molecule has 0 spiro atoms. The van der Waals surface area contributed by atoms with Crippen LogP contribution < -0.4 is 10.6 Å². The summed E-state index contributed by atoms with van der Waals surface area (Å²) >= 11 is 3.56. The van der Waals surface area contributed by atoms with E-state index in [4.69, 9.17) is 10.1 Å². The fourth-order valence-electron chi connectivity index (χ4n) is 3.89. The number of fused-ring (bicyclic) bond motifs is 1. The molecule has 0 aliphatic carbocycles. The average molecular weight is 501 g/mol. The Morgan fingerprint density at radius 3 is 2.64 bits per heavy atom. The van der Waals surface area contributed by atoms with Crippen molar-refractivity contribution >= 4 is 33.5 Å². The molecule has 5 rings (SSSR count). The predicted molar refractivity (Wildman–Crippen MR) is 132 cm³/mol. The molecular formula is C25H21BrN6O. The van der Waals surface area contributed by atoms with Crippen molar-refractivity contribution in [2.24, 2.45) is 0 Å². The number of nitrogens with one attached hydrogen (secondary N) is 2. The number of hydrogen-bond acceptors (Lipinski definition) is 5. The minimum atomic E-state index is -0.456. The van der Waals surface area contributed by atoms with Crippen LogP contribution in [0.4, 0.5) is 11.6 Å². The molecule has 4 aromatic rings. The first-order valence-corrected chi connectivity index (χ1v) is 11.3. The maximum absolute atomic E-state index is 13.5. The highest BCUT2D eigenvalue weighted by molar-refractivity contribution is 9.10. The van der Waals surface area contributed by atoms with Gasteiger partial charge in [-0.25, -0.2) is 4.68 Å². The number of pyridine rings is 1. The lowest BCUT2D eigenvalue weighted by molar-refractivity contribution is -0.113. The third-order valence-electron chi connectivity index (χ3n) is 5.49. The SMILES string of the molecule is CC1=C(C(=O)Nc2cccnc2)C(c2cccc(Br)c2)n2nc(-c3ccc(C)cc3)nc2N1. The molecule has 1 amide bonds. The molecule has 7 nitrogen and oxygen atoms in total. The van der Waals surface area contributed by atoms with E-state index in [0.29, 0.717) is 23.0 Å². The van der Waals surface area contributed by atoms with E-state index in [0.717, 1.165) is 21.3 Å². The molecule has 2 N–H and O–H groups in total. The largest absolute Gasteiger partial charge is 0.328 e. The summed E-state index contributed by atoms with van der Waals surface area (Å²) in [6.07, 6.45) is 3.29. The zero-order valence-electron chi connectivity index (χ0n) is 18.1. The highest BCUT2D eigenvalue weighted by Gasteiger charge is 2.34. The van der Waals surface area contributed by atoms with E-state index in [9.17, 15) is 4.79 Å². The Morgan fingerprint density at radius 2 is 1.91 bits per heavy atom. The molecule has 33 heavy (non-hydrogen) atoms. The van der Waals surface area contributed by atoms with Gasteiger partial charge in [0, 0.05) is 21.9 Å². The van der Waals surface area contributed by atoms with Crippen molar-refractivity contribution in [2.75, 3.05) is 10.6 Å². The number of aryl methyl sites for hydroxylation is 1. The fraction of sp³-hybridized carbons (Fsp3) is 0.120. The summed E-state index contributed by atoms with van der Waals surface area (Å²) in [7, 11) is 0. The zero-order valence-corrected chi connectivity index (χ0v) is 19.7. The number of carbonyl (C=O) groups is 1. The standard InChI is InChI=1S/C25H21BrN6O/c1-15-8-10-17(11-9-15)23-30-25-28-16(2)21(24(33)29-20-7-4-12-27-14-20)22(32(25)31-23)18-5-3-6-19(26)13-18/h3-14,22H,1-2H3,(H,29,33)(H,28,30,31). The van der Waals surface area contributed by atoms with Crippen LogP contribution in [0.2, 0.25) is 0 Å². The van der Waals surface area contributed by atoms with E-state index in [1.807, 2.05) is 68.4 Å². The highest BCUT2D eigenvalue weighted by Crippen LogP contribution is 2.37. The molecular weight excluding hydrogens is 480 g/mol. The Bertz CT molecular complexity index is 1360. The Morgan fingerprint density at radius 1 is 1.09 bits per heavy atom. The molecule has 2 aromatic heterocycles. The van der Waals surface area contributed by atoms with E-state index in [1.165, 1.54) is 5.56 Å². The lowest BCUT2D eigenvalue weighted by atomic mass is 9.95. The summed E-state index contributed by atoms with van der Waals surface area (Å²) in [5, 5.41) is 11.0. The first kappa shape index (κ1) is 21.1. The lowest BCUT2D eigenvalue weighted by Crippen LogP contribution is -2.31. The Balaban J connectivity index is 1.61. The van der Waals surface area contributed by atoms with Crippen molar-refractivity contribution in [3.63, 3.8) is 0 Å². The number of aromatic nitrogens is 4. The summed E-state index contributed by atoms with van der Waals surface area (Å²) in [5.41, 5.74) is 4.90. The van der Waals surface area contributed by atoms with Crippen molar-refractivity contribution in [3.05, 3.63) is 99.9 Å². The van der Waals surface area contributed by atoms with Gasteiger partial charge in [0.05, 0.1) is 17.5 Å². The second-order valence-corrected chi connectivity index (χ2v) is 8.80. The van der Waals surface area contributed by atoms with E-state index >= 15 is 0 Å². The summed E-state index contributed by atoms with van der Waals surface area (Å²) in [6, 6.07) is 19.1. The Kier molecular flexibility index (Phi) is 5.51. The summed E-state index contributed by atoms with van der Waals surface area (Å²) in [5.74, 6) is 0.959. The molecule has 164 valence electrons. The van der Waals surface area contributed by atoms with Gasteiger partial charge in [0.15, 0.2) is 5.82 Å². The average Bonchev–Trinajstić information content (AvgIpc) is 3.22. The number of hydrogen-bond donors (Lipinski definition) is 2. The molecule has 0 saturated heterocycles. The maximum Gasteiger partial charge on any atom is 0.255 e. The van der Waals surface area contributed by atoms with E-state index in [-0.39, 0.29) is 5.91 Å². The van der Waals surface area contributed by atoms with Crippen LogP contribution in [0.3, 0.4) is 0 Å². The number of allylic oxidation sites excluding steroid dienone is 1. The van der Waals surface area contributed by atoms with Crippen molar-refractivity contribution in [1.82, 2.24) is 19.7 Å². The van der Waals surface area contributed by atoms with Crippen molar-refractivity contribution < 1.29 is 4.79 Å². The fourth-order valence-corrected chi connectivity index (χ4v) is 4.31. The van der Waals surface area contributed by atoms with Crippen LogP contribution in [0, 0.1) is 6.92 Å². The summed E-state index contributed by atoms with van der Waals surface area (Å²) < 4.78 is 2.70.